The predicted molar refractivity (Wildman–Crippen MR) is 76.2 cm³/mol. The third-order valence-electron chi connectivity index (χ3n) is 3.08. The standard InChI is InChI=1S/C14H17N3O4/c1-21-8-6-15-12(18)5-7-17-9-16-11-4-2-3-10(13(11)17)14(19)20/h2-4,9H,5-8H2,1H3,(H,15,18)(H,19,20). The molecule has 0 aliphatic heterocycles. The summed E-state index contributed by atoms with van der Waals surface area (Å²) in [5.41, 5.74) is 1.33. The molecule has 21 heavy (non-hydrogen) atoms. The summed E-state index contributed by atoms with van der Waals surface area (Å²) in [5.74, 6) is -1.12. The fourth-order valence-corrected chi connectivity index (χ4v) is 2.07. The van der Waals surface area contributed by atoms with Crippen molar-refractivity contribution in [2.45, 2.75) is 13.0 Å². The summed E-state index contributed by atoms with van der Waals surface area (Å²) in [6, 6.07) is 4.93. The Kier molecular flexibility index (Phi) is 4.89. The summed E-state index contributed by atoms with van der Waals surface area (Å²) in [6.07, 6.45) is 1.81. The molecule has 1 aromatic carbocycles. The van der Waals surface area contributed by atoms with Crippen molar-refractivity contribution < 1.29 is 19.4 Å². The Labute approximate surface area is 121 Å². The summed E-state index contributed by atoms with van der Waals surface area (Å²) >= 11 is 0. The number of carbonyl (C=O) groups excluding carboxylic acids is 1. The van der Waals surface area contributed by atoms with Gasteiger partial charge in [0.2, 0.25) is 5.91 Å². The van der Waals surface area contributed by atoms with Crippen molar-refractivity contribution in [1.29, 1.82) is 0 Å². The molecule has 0 aliphatic carbocycles. The molecule has 2 aromatic rings. The van der Waals surface area contributed by atoms with Gasteiger partial charge >= 0.3 is 5.97 Å². The number of hydrogen-bond acceptors (Lipinski definition) is 4. The molecule has 7 nitrogen and oxygen atoms in total. The number of aromatic nitrogens is 2. The van der Waals surface area contributed by atoms with Gasteiger partial charge in [0.15, 0.2) is 0 Å². The first-order valence-corrected chi connectivity index (χ1v) is 6.56. The van der Waals surface area contributed by atoms with Crippen molar-refractivity contribution in [3.05, 3.63) is 30.1 Å². The monoisotopic (exact) mass is 291 g/mol. The zero-order valence-corrected chi connectivity index (χ0v) is 11.7. The van der Waals surface area contributed by atoms with Gasteiger partial charge < -0.3 is 19.7 Å². The minimum atomic E-state index is -1.01. The molecule has 2 N–H and O–H groups in total. The van der Waals surface area contributed by atoms with E-state index in [0.29, 0.717) is 30.7 Å². The van der Waals surface area contributed by atoms with Gasteiger partial charge in [-0.1, -0.05) is 6.07 Å². The minimum absolute atomic E-state index is 0.110. The third-order valence-corrected chi connectivity index (χ3v) is 3.08. The molecule has 1 heterocycles. The second-order valence-electron chi connectivity index (χ2n) is 4.51. The van der Waals surface area contributed by atoms with Crippen LogP contribution in [-0.4, -0.2) is 46.8 Å². The van der Waals surface area contributed by atoms with E-state index in [1.165, 1.54) is 6.07 Å². The first-order valence-electron chi connectivity index (χ1n) is 6.56. The second-order valence-corrected chi connectivity index (χ2v) is 4.51. The Morgan fingerprint density at radius 3 is 2.95 bits per heavy atom. The van der Waals surface area contributed by atoms with Crippen molar-refractivity contribution in [1.82, 2.24) is 14.9 Å². The Balaban J connectivity index is 2.09. The van der Waals surface area contributed by atoms with Crippen LogP contribution in [0.25, 0.3) is 11.0 Å². The summed E-state index contributed by atoms with van der Waals surface area (Å²) in [6.45, 7) is 1.29. The average molecular weight is 291 g/mol. The maximum atomic E-state index is 11.7. The van der Waals surface area contributed by atoms with Crippen LogP contribution in [0.1, 0.15) is 16.8 Å². The molecular weight excluding hydrogens is 274 g/mol. The number of benzene rings is 1. The van der Waals surface area contributed by atoms with E-state index in [1.807, 2.05) is 0 Å². The number of carboxylic acid groups (broad SMARTS) is 1. The van der Waals surface area contributed by atoms with Crippen LogP contribution in [0.4, 0.5) is 0 Å². The molecule has 0 spiro atoms. The number of para-hydroxylation sites is 1. The molecule has 0 atom stereocenters. The predicted octanol–water partition coefficient (Wildman–Crippen LogP) is 0.887. The number of aromatic carboxylic acids is 1. The van der Waals surface area contributed by atoms with E-state index in [-0.39, 0.29) is 17.9 Å². The van der Waals surface area contributed by atoms with Crippen molar-refractivity contribution >= 4 is 22.9 Å². The molecule has 2 rings (SSSR count). The zero-order valence-electron chi connectivity index (χ0n) is 11.7. The van der Waals surface area contributed by atoms with Crippen LogP contribution < -0.4 is 5.32 Å². The molecule has 0 saturated heterocycles. The highest BCUT2D eigenvalue weighted by molar-refractivity contribution is 6.01. The number of carboxylic acids is 1. The number of aryl methyl sites for hydroxylation is 1. The molecule has 1 amide bonds. The number of carbonyl (C=O) groups is 2. The van der Waals surface area contributed by atoms with Crippen molar-refractivity contribution in [3.8, 4) is 0 Å². The topological polar surface area (TPSA) is 93.5 Å². The molecule has 112 valence electrons. The lowest BCUT2D eigenvalue weighted by atomic mass is 10.2. The summed E-state index contributed by atoms with van der Waals surface area (Å²) < 4.78 is 6.54. The first kappa shape index (κ1) is 15.0. The van der Waals surface area contributed by atoms with E-state index in [9.17, 15) is 14.7 Å². The number of hydrogen-bond donors (Lipinski definition) is 2. The van der Waals surface area contributed by atoms with Crippen LogP contribution in [0, 0.1) is 0 Å². The van der Waals surface area contributed by atoms with Gasteiger partial charge in [-0.25, -0.2) is 9.78 Å². The van der Waals surface area contributed by atoms with Gasteiger partial charge in [0.05, 0.1) is 29.5 Å². The van der Waals surface area contributed by atoms with Gasteiger partial charge in [-0.3, -0.25) is 4.79 Å². The largest absolute Gasteiger partial charge is 0.478 e. The van der Waals surface area contributed by atoms with Gasteiger partial charge in [-0.2, -0.15) is 0 Å². The number of fused-ring (bicyclic) bond motifs is 1. The lowest BCUT2D eigenvalue weighted by molar-refractivity contribution is -0.121. The lowest BCUT2D eigenvalue weighted by Gasteiger charge is -2.07. The Morgan fingerprint density at radius 2 is 2.24 bits per heavy atom. The highest BCUT2D eigenvalue weighted by Gasteiger charge is 2.13. The number of nitrogens with one attached hydrogen (secondary N) is 1. The van der Waals surface area contributed by atoms with Gasteiger partial charge in [0.1, 0.15) is 0 Å². The molecule has 0 saturated carbocycles. The Hall–Kier alpha value is -2.41. The smallest absolute Gasteiger partial charge is 0.337 e. The lowest BCUT2D eigenvalue weighted by Crippen LogP contribution is -2.27. The Morgan fingerprint density at radius 1 is 1.43 bits per heavy atom. The van der Waals surface area contributed by atoms with E-state index < -0.39 is 5.97 Å². The highest BCUT2D eigenvalue weighted by Crippen LogP contribution is 2.18. The van der Waals surface area contributed by atoms with Crippen LogP contribution in [-0.2, 0) is 16.1 Å². The SMILES string of the molecule is COCCNC(=O)CCn1cnc2cccc(C(=O)O)c21. The fourth-order valence-electron chi connectivity index (χ4n) is 2.07. The summed E-state index contributed by atoms with van der Waals surface area (Å²) in [7, 11) is 1.57. The van der Waals surface area contributed by atoms with E-state index in [1.54, 1.807) is 30.1 Å². The number of imidazole rings is 1. The summed E-state index contributed by atoms with van der Waals surface area (Å²) in [4.78, 5) is 27.1. The second kappa shape index (κ2) is 6.85. The molecular formula is C14H17N3O4. The van der Waals surface area contributed by atoms with Crippen LogP contribution in [0.5, 0.6) is 0 Å². The molecule has 0 aliphatic rings. The molecule has 0 bridgehead atoms. The van der Waals surface area contributed by atoms with Gasteiger partial charge in [-0.15, -0.1) is 0 Å². The quantitative estimate of drug-likeness (QED) is 0.739. The Bertz CT molecular complexity index is 651. The van der Waals surface area contributed by atoms with E-state index in [0.717, 1.165) is 0 Å². The third kappa shape index (κ3) is 3.57. The zero-order chi connectivity index (χ0) is 15.2. The average Bonchev–Trinajstić information content (AvgIpc) is 2.88. The van der Waals surface area contributed by atoms with Crippen molar-refractivity contribution in [3.63, 3.8) is 0 Å². The number of ether oxygens (including phenoxy) is 1. The number of nitrogens with zero attached hydrogens (tertiary/aromatic N) is 2. The molecule has 0 unspecified atom stereocenters. The van der Waals surface area contributed by atoms with Gasteiger partial charge in [0, 0.05) is 26.6 Å². The van der Waals surface area contributed by atoms with Crippen LogP contribution in [0.2, 0.25) is 0 Å². The summed E-state index contributed by atoms with van der Waals surface area (Å²) in [5, 5.41) is 11.9. The van der Waals surface area contributed by atoms with Crippen LogP contribution >= 0.6 is 0 Å². The first-order chi connectivity index (χ1) is 10.1. The number of methoxy groups -OCH3 is 1. The van der Waals surface area contributed by atoms with E-state index in [2.05, 4.69) is 10.3 Å². The molecule has 7 heteroatoms. The van der Waals surface area contributed by atoms with Crippen LogP contribution in [0.3, 0.4) is 0 Å². The number of amides is 1. The van der Waals surface area contributed by atoms with E-state index in [4.69, 9.17) is 4.74 Å². The normalized spacial score (nSPS) is 10.7. The minimum Gasteiger partial charge on any atom is -0.478 e. The van der Waals surface area contributed by atoms with Gasteiger partial charge in [0.25, 0.3) is 0 Å². The maximum Gasteiger partial charge on any atom is 0.337 e. The van der Waals surface area contributed by atoms with Crippen molar-refractivity contribution in [2.24, 2.45) is 0 Å². The fraction of sp³-hybridized carbons (Fsp3) is 0.357. The molecule has 0 radical (unpaired) electrons. The number of rotatable bonds is 7. The molecule has 1 aromatic heterocycles. The highest BCUT2D eigenvalue weighted by atomic mass is 16.5. The van der Waals surface area contributed by atoms with E-state index >= 15 is 0 Å². The van der Waals surface area contributed by atoms with Gasteiger partial charge in [-0.05, 0) is 12.1 Å². The van der Waals surface area contributed by atoms with Crippen molar-refractivity contribution in [2.75, 3.05) is 20.3 Å². The molecule has 0 fully saturated rings. The maximum absolute atomic E-state index is 11.7. The van der Waals surface area contributed by atoms with Crippen LogP contribution in [0.15, 0.2) is 24.5 Å².